The van der Waals surface area contributed by atoms with Gasteiger partial charge in [-0.2, -0.15) is 5.10 Å². The van der Waals surface area contributed by atoms with Crippen LogP contribution in [0.25, 0.3) is 22.2 Å². The maximum absolute atomic E-state index is 13.1. The summed E-state index contributed by atoms with van der Waals surface area (Å²) in [7, 11) is 0. The van der Waals surface area contributed by atoms with Crippen molar-refractivity contribution in [1.82, 2.24) is 10.4 Å². The first-order chi connectivity index (χ1) is 19.4. The number of nitro groups is 1. The number of nitrogens with one attached hydrogen (secondary N) is 1. The van der Waals surface area contributed by atoms with E-state index in [0.717, 1.165) is 11.6 Å². The molecule has 40 heavy (non-hydrogen) atoms. The van der Waals surface area contributed by atoms with Crippen molar-refractivity contribution in [2.75, 3.05) is 0 Å². The van der Waals surface area contributed by atoms with Crippen molar-refractivity contribution in [3.05, 3.63) is 135 Å². The third kappa shape index (κ3) is 6.01. The minimum absolute atomic E-state index is 0.0606. The summed E-state index contributed by atoms with van der Waals surface area (Å²) in [5.74, 6) is -0.886. The van der Waals surface area contributed by atoms with Gasteiger partial charge in [0.15, 0.2) is 0 Å². The second kappa shape index (κ2) is 11.5. The third-order valence-electron chi connectivity index (χ3n) is 5.86. The predicted octanol–water partition coefficient (Wildman–Crippen LogP) is 6.45. The molecule has 0 saturated heterocycles. The fourth-order valence-corrected chi connectivity index (χ4v) is 4.02. The molecule has 0 saturated carbocycles. The normalized spacial score (nSPS) is 10.9. The molecule has 0 bridgehead atoms. The molecule has 9 nitrogen and oxygen atoms in total. The number of nitro benzene ring substituents is 1. The van der Waals surface area contributed by atoms with Crippen LogP contribution in [0.4, 0.5) is 5.69 Å². The molecule has 0 spiro atoms. The number of fused-ring (bicyclic) bond motifs is 1. The highest BCUT2D eigenvalue weighted by molar-refractivity contribution is 6.30. The van der Waals surface area contributed by atoms with Gasteiger partial charge in [0.2, 0.25) is 0 Å². The van der Waals surface area contributed by atoms with Crippen molar-refractivity contribution in [3.8, 4) is 17.0 Å². The number of amides is 1. The van der Waals surface area contributed by atoms with Gasteiger partial charge in [-0.15, -0.1) is 0 Å². The smallest absolute Gasteiger partial charge is 0.343 e. The van der Waals surface area contributed by atoms with Gasteiger partial charge in [0.1, 0.15) is 5.75 Å². The molecular weight excluding hydrogens is 532 g/mol. The van der Waals surface area contributed by atoms with E-state index in [1.54, 1.807) is 42.5 Å². The maximum Gasteiger partial charge on any atom is 0.343 e. The Hall–Kier alpha value is -5.41. The standard InChI is InChI=1S/C30H19ClN4O5/c31-22-12-10-20(11-13-22)28-17-26(25-6-1-2-7-27(25)33-28)29(36)34-32-18-19-8-14-24(15-9-19)40-30(37)21-4-3-5-23(16-21)35(38)39/h1-18H,(H,34,36). The number of rotatable bonds is 7. The van der Waals surface area contributed by atoms with Crippen molar-refractivity contribution < 1.29 is 19.2 Å². The van der Waals surface area contributed by atoms with E-state index in [1.165, 1.54) is 24.4 Å². The summed E-state index contributed by atoms with van der Waals surface area (Å²) in [6.45, 7) is 0. The molecule has 1 aromatic heterocycles. The first-order valence-corrected chi connectivity index (χ1v) is 12.3. The monoisotopic (exact) mass is 550 g/mol. The van der Waals surface area contributed by atoms with Crippen molar-refractivity contribution in [2.24, 2.45) is 5.10 Å². The van der Waals surface area contributed by atoms with E-state index in [0.29, 0.717) is 32.7 Å². The van der Waals surface area contributed by atoms with E-state index in [-0.39, 0.29) is 17.0 Å². The van der Waals surface area contributed by atoms with Crippen LogP contribution in [0.5, 0.6) is 5.75 Å². The minimum Gasteiger partial charge on any atom is -0.423 e. The van der Waals surface area contributed by atoms with Crippen LogP contribution in [0.1, 0.15) is 26.3 Å². The summed E-state index contributed by atoms with van der Waals surface area (Å²) in [6, 6.07) is 27.9. The van der Waals surface area contributed by atoms with E-state index in [2.05, 4.69) is 15.5 Å². The number of ether oxygens (including phenoxy) is 1. The molecule has 5 rings (SSSR count). The van der Waals surface area contributed by atoms with Gasteiger partial charge < -0.3 is 4.74 Å². The van der Waals surface area contributed by atoms with Gasteiger partial charge in [0.05, 0.1) is 33.5 Å². The number of pyridine rings is 1. The first kappa shape index (κ1) is 26.2. The highest BCUT2D eigenvalue weighted by atomic mass is 35.5. The van der Waals surface area contributed by atoms with Gasteiger partial charge in [-0.1, -0.05) is 48.0 Å². The van der Waals surface area contributed by atoms with Crippen molar-refractivity contribution in [2.45, 2.75) is 0 Å². The van der Waals surface area contributed by atoms with Crippen LogP contribution >= 0.6 is 11.6 Å². The topological polar surface area (TPSA) is 124 Å². The first-order valence-electron chi connectivity index (χ1n) is 11.9. The predicted molar refractivity (Wildman–Crippen MR) is 152 cm³/mol. The Morgan fingerprint density at radius 3 is 2.42 bits per heavy atom. The summed E-state index contributed by atoms with van der Waals surface area (Å²) >= 11 is 6.01. The fraction of sp³-hybridized carbons (Fsp3) is 0. The number of carbonyl (C=O) groups excluding carboxylic acids is 2. The Bertz CT molecular complexity index is 1770. The molecule has 5 aromatic rings. The summed E-state index contributed by atoms with van der Waals surface area (Å²) in [6.07, 6.45) is 1.45. The molecule has 1 N–H and O–H groups in total. The number of hydrazone groups is 1. The summed E-state index contributed by atoms with van der Waals surface area (Å²) in [4.78, 5) is 40.5. The highest BCUT2D eigenvalue weighted by Gasteiger charge is 2.15. The third-order valence-corrected chi connectivity index (χ3v) is 6.12. The molecule has 0 radical (unpaired) electrons. The van der Waals surface area contributed by atoms with Gasteiger partial charge in [-0.3, -0.25) is 14.9 Å². The van der Waals surface area contributed by atoms with Gasteiger partial charge in [-0.25, -0.2) is 15.2 Å². The van der Waals surface area contributed by atoms with Crippen LogP contribution in [0.2, 0.25) is 5.02 Å². The molecule has 4 aromatic carbocycles. The second-order valence-corrected chi connectivity index (χ2v) is 8.98. The lowest BCUT2D eigenvalue weighted by atomic mass is 10.0. The lowest BCUT2D eigenvalue weighted by molar-refractivity contribution is -0.384. The van der Waals surface area contributed by atoms with Crippen molar-refractivity contribution >= 4 is 46.3 Å². The van der Waals surface area contributed by atoms with E-state index < -0.39 is 16.8 Å². The number of non-ortho nitro benzene ring substituents is 1. The van der Waals surface area contributed by atoms with E-state index in [9.17, 15) is 19.7 Å². The van der Waals surface area contributed by atoms with Crippen LogP contribution in [-0.4, -0.2) is 28.0 Å². The minimum atomic E-state index is -0.722. The molecule has 10 heteroatoms. The molecular formula is C30H19ClN4O5. The number of hydrogen-bond donors (Lipinski definition) is 1. The molecule has 1 heterocycles. The van der Waals surface area contributed by atoms with Gasteiger partial charge in [-0.05, 0) is 60.2 Å². The largest absolute Gasteiger partial charge is 0.423 e. The summed E-state index contributed by atoms with van der Waals surface area (Å²) in [5, 5.41) is 16.3. The second-order valence-electron chi connectivity index (χ2n) is 8.54. The van der Waals surface area contributed by atoms with Crippen LogP contribution < -0.4 is 10.2 Å². The number of nitrogens with zero attached hydrogens (tertiary/aromatic N) is 3. The van der Waals surface area contributed by atoms with Gasteiger partial charge in [0.25, 0.3) is 11.6 Å². The quantitative estimate of drug-likeness (QED) is 0.0816. The number of aromatic nitrogens is 1. The Balaban J connectivity index is 1.28. The number of benzene rings is 4. The molecule has 1 amide bonds. The Labute approximate surface area is 232 Å². The SMILES string of the molecule is O=C(Oc1ccc(C=NNC(=O)c2cc(-c3ccc(Cl)cc3)nc3ccccc23)cc1)c1cccc([N+](=O)[O-])c1. The summed E-state index contributed by atoms with van der Waals surface area (Å²) in [5.41, 5.74) is 5.57. The molecule has 0 aliphatic heterocycles. The van der Waals surface area contributed by atoms with E-state index in [4.69, 9.17) is 16.3 Å². The maximum atomic E-state index is 13.1. The van der Waals surface area contributed by atoms with E-state index >= 15 is 0 Å². The van der Waals surface area contributed by atoms with Gasteiger partial charge in [0, 0.05) is 28.1 Å². The number of halogens is 1. The zero-order chi connectivity index (χ0) is 28.1. The fourth-order valence-electron chi connectivity index (χ4n) is 3.89. The lowest BCUT2D eigenvalue weighted by Crippen LogP contribution is -2.18. The molecule has 0 atom stereocenters. The average Bonchev–Trinajstić information content (AvgIpc) is 2.97. The van der Waals surface area contributed by atoms with Gasteiger partial charge >= 0.3 is 5.97 Å². The molecule has 0 unspecified atom stereocenters. The van der Waals surface area contributed by atoms with Crippen molar-refractivity contribution in [3.63, 3.8) is 0 Å². The number of esters is 1. The van der Waals surface area contributed by atoms with Crippen LogP contribution in [0.3, 0.4) is 0 Å². The molecule has 0 aliphatic carbocycles. The average molecular weight is 551 g/mol. The Kier molecular flexibility index (Phi) is 7.56. The van der Waals surface area contributed by atoms with Crippen LogP contribution in [0.15, 0.2) is 108 Å². The van der Waals surface area contributed by atoms with E-state index in [1.807, 2.05) is 36.4 Å². The molecule has 0 fully saturated rings. The van der Waals surface area contributed by atoms with Crippen molar-refractivity contribution in [1.29, 1.82) is 0 Å². The Morgan fingerprint density at radius 2 is 1.68 bits per heavy atom. The molecule has 196 valence electrons. The molecule has 0 aliphatic rings. The van der Waals surface area contributed by atoms with Crippen LogP contribution in [0, 0.1) is 10.1 Å². The zero-order valence-corrected chi connectivity index (χ0v) is 21.4. The number of hydrogen-bond acceptors (Lipinski definition) is 7. The number of para-hydroxylation sites is 1. The Morgan fingerprint density at radius 1 is 0.925 bits per heavy atom. The number of carbonyl (C=O) groups is 2. The summed E-state index contributed by atoms with van der Waals surface area (Å²) < 4.78 is 5.30. The highest BCUT2D eigenvalue weighted by Crippen LogP contribution is 2.26. The zero-order valence-electron chi connectivity index (χ0n) is 20.7. The lowest BCUT2D eigenvalue weighted by Gasteiger charge is -2.09. The van der Waals surface area contributed by atoms with Crippen LogP contribution in [-0.2, 0) is 0 Å².